The van der Waals surface area contributed by atoms with Gasteiger partial charge >= 0.3 is 0 Å². The van der Waals surface area contributed by atoms with Crippen molar-refractivity contribution in [2.75, 3.05) is 19.6 Å². The standard InChI is InChI=1S/C12H22N2O3/c15-10-7-14(8-11(10)16)12(17)9-5-3-1-2-4-6-13-9/h9-11,13,15-16H,1-8H2/t9?,10-,11+. The third-order valence-electron chi connectivity index (χ3n) is 3.68. The molecule has 2 aliphatic rings. The van der Waals surface area contributed by atoms with E-state index in [1.807, 2.05) is 0 Å². The van der Waals surface area contributed by atoms with Crippen molar-refractivity contribution in [2.24, 2.45) is 0 Å². The highest BCUT2D eigenvalue weighted by molar-refractivity contribution is 5.82. The minimum Gasteiger partial charge on any atom is -0.388 e. The lowest BCUT2D eigenvalue weighted by Crippen LogP contribution is -2.46. The van der Waals surface area contributed by atoms with Crippen LogP contribution in [-0.2, 0) is 4.79 Å². The summed E-state index contributed by atoms with van der Waals surface area (Å²) in [5.74, 6) is 0.0301. The fourth-order valence-corrected chi connectivity index (χ4v) is 2.59. The maximum absolute atomic E-state index is 12.2. The number of nitrogens with zero attached hydrogens (tertiary/aromatic N) is 1. The quantitative estimate of drug-likeness (QED) is 0.578. The van der Waals surface area contributed by atoms with Crippen molar-refractivity contribution in [1.82, 2.24) is 10.2 Å². The molecule has 5 heteroatoms. The predicted octanol–water partition coefficient (Wildman–Crippen LogP) is -0.527. The highest BCUT2D eigenvalue weighted by atomic mass is 16.3. The molecule has 1 unspecified atom stereocenters. The van der Waals surface area contributed by atoms with Crippen molar-refractivity contribution in [2.45, 2.75) is 50.4 Å². The van der Waals surface area contributed by atoms with Crippen LogP contribution < -0.4 is 5.32 Å². The molecule has 0 aromatic carbocycles. The van der Waals surface area contributed by atoms with Crippen LogP contribution in [0.15, 0.2) is 0 Å². The number of rotatable bonds is 1. The first-order valence-corrected chi connectivity index (χ1v) is 6.57. The van der Waals surface area contributed by atoms with E-state index < -0.39 is 12.2 Å². The Hall–Kier alpha value is -0.650. The summed E-state index contributed by atoms with van der Waals surface area (Å²) in [6, 6.07) is -0.132. The number of hydrogen-bond donors (Lipinski definition) is 3. The zero-order valence-electron chi connectivity index (χ0n) is 10.1. The van der Waals surface area contributed by atoms with Gasteiger partial charge in [0.25, 0.3) is 0 Å². The molecule has 0 spiro atoms. The van der Waals surface area contributed by atoms with Gasteiger partial charge < -0.3 is 20.4 Å². The number of nitrogens with one attached hydrogen (secondary N) is 1. The van der Waals surface area contributed by atoms with Crippen LogP contribution >= 0.6 is 0 Å². The number of aliphatic hydroxyl groups excluding tert-OH is 2. The second-order valence-electron chi connectivity index (χ2n) is 5.09. The Morgan fingerprint density at radius 1 is 1.06 bits per heavy atom. The molecule has 2 aliphatic heterocycles. The molecule has 3 N–H and O–H groups in total. The van der Waals surface area contributed by atoms with Gasteiger partial charge in [-0.2, -0.15) is 0 Å². The zero-order valence-corrected chi connectivity index (χ0v) is 10.1. The molecule has 0 bridgehead atoms. The molecule has 0 aromatic rings. The first-order chi connectivity index (χ1) is 8.18. The van der Waals surface area contributed by atoms with Crippen LogP contribution in [0.2, 0.25) is 0 Å². The van der Waals surface area contributed by atoms with Crippen LogP contribution in [0, 0.1) is 0 Å². The Bertz CT molecular complexity index is 254. The van der Waals surface area contributed by atoms with Gasteiger partial charge in [-0.1, -0.05) is 19.3 Å². The summed E-state index contributed by atoms with van der Waals surface area (Å²) in [6.45, 7) is 1.41. The molecule has 0 aliphatic carbocycles. The molecule has 3 atom stereocenters. The third kappa shape index (κ3) is 3.18. The van der Waals surface area contributed by atoms with Gasteiger partial charge in [-0.3, -0.25) is 4.79 Å². The van der Waals surface area contributed by atoms with Crippen molar-refractivity contribution in [3.63, 3.8) is 0 Å². The van der Waals surface area contributed by atoms with Gasteiger partial charge in [0, 0.05) is 13.1 Å². The van der Waals surface area contributed by atoms with Crippen molar-refractivity contribution in [3.05, 3.63) is 0 Å². The minimum atomic E-state index is -0.785. The van der Waals surface area contributed by atoms with Crippen LogP contribution in [0.4, 0.5) is 0 Å². The fourth-order valence-electron chi connectivity index (χ4n) is 2.59. The smallest absolute Gasteiger partial charge is 0.239 e. The largest absolute Gasteiger partial charge is 0.388 e. The van der Waals surface area contributed by atoms with E-state index in [0.29, 0.717) is 0 Å². The SMILES string of the molecule is O=C(C1CCCCCCN1)N1C[C@@H](O)[C@@H](O)C1. The number of likely N-dealkylation sites (tertiary alicyclic amines) is 1. The number of hydrogen-bond acceptors (Lipinski definition) is 4. The van der Waals surface area contributed by atoms with E-state index in [1.165, 1.54) is 12.8 Å². The Kier molecular flexibility index (Phi) is 4.36. The Morgan fingerprint density at radius 2 is 1.71 bits per heavy atom. The first-order valence-electron chi connectivity index (χ1n) is 6.57. The lowest BCUT2D eigenvalue weighted by Gasteiger charge is -2.25. The average Bonchev–Trinajstić information content (AvgIpc) is 2.58. The molecule has 17 heavy (non-hydrogen) atoms. The maximum atomic E-state index is 12.2. The molecule has 98 valence electrons. The number of carbonyl (C=O) groups excluding carboxylic acids is 1. The second-order valence-corrected chi connectivity index (χ2v) is 5.09. The third-order valence-corrected chi connectivity index (χ3v) is 3.68. The van der Waals surface area contributed by atoms with Gasteiger partial charge in [-0.25, -0.2) is 0 Å². The Balaban J connectivity index is 1.89. The van der Waals surface area contributed by atoms with E-state index in [1.54, 1.807) is 4.90 Å². The number of aliphatic hydroxyl groups is 2. The first kappa shape index (κ1) is 12.8. The molecule has 0 saturated carbocycles. The van der Waals surface area contributed by atoms with E-state index in [-0.39, 0.29) is 25.0 Å². The Morgan fingerprint density at radius 3 is 2.41 bits per heavy atom. The van der Waals surface area contributed by atoms with Crippen LogP contribution in [-0.4, -0.2) is 58.9 Å². The summed E-state index contributed by atoms with van der Waals surface area (Å²) in [5.41, 5.74) is 0. The molecular formula is C12H22N2O3. The summed E-state index contributed by atoms with van der Waals surface area (Å²) in [4.78, 5) is 13.8. The van der Waals surface area contributed by atoms with Crippen molar-refractivity contribution in [1.29, 1.82) is 0 Å². The van der Waals surface area contributed by atoms with Crippen molar-refractivity contribution < 1.29 is 15.0 Å². The minimum absolute atomic E-state index is 0.0301. The van der Waals surface area contributed by atoms with Crippen LogP contribution in [0.5, 0.6) is 0 Å². The van der Waals surface area contributed by atoms with E-state index in [4.69, 9.17) is 0 Å². The monoisotopic (exact) mass is 242 g/mol. The van der Waals surface area contributed by atoms with Crippen LogP contribution in [0.3, 0.4) is 0 Å². The number of amides is 1. The molecule has 2 rings (SSSR count). The van der Waals surface area contributed by atoms with Gasteiger partial charge in [0.2, 0.25) is 5.91 Å². The normalized spacial score (nSPS) is 35.4. The van der Waals surface area contributed by atoms with E-state index in [0.717, 1.165) is 25.8 Å². The lowest BCUT2D eigenvalue weighted by atomic mass is 10.0. The van der Waals surface area contributed by atoms with Crippen molar-refractivity contribution in [3.8, 4) is 0 Å². The summed E-state index contributed by atoms with van der Waals surface area (Å²) < 4.78 is 0. The molecule has 0 aromatic heterocycles. The van der Waals surface area contributed by atoms with E-state index in [9.17, 15) is 15.0 Å². The highest BCUT2D eigenvalue weighted by Crippen LogP contribution is 2.15. The lowest BCUT2D eigenvalue weighted by molar-refractivity contribution is -0.133. The highest BCUT2D eigenvalue weighted by Gasteiger charge is 2.35. The zero-order chi connectivity index (χ0) is 12.3. The Labute approximate surface area is 102 Å². The van der Waals surface area contributed by atoms with E-state index in [2.05, 4.69) is 5.32 Å². The van der Waals surface area contributed by atoms with Crippen LogP contribution in [0.25, 0.3) is 0 Å². The van der Waals surface area contributed by atoms with Gasteiger partial charge in [0.05, 0.1) is 18.2 Å². The molecule has 1 amide bonds. The molecule has 2 saturated heterocycles. The molecule has 5 nitrogen and oxygen atoms in total. The summed E-state index contributed by atoms with van der Waals surface area (Å²) in [7, 11) is 0. The number of carbonyl (C=O) groups is 1. The van der Waals surface area contributed by atoms with Crippen LogP contribution in [0.1, 0.15) is 32.1 Å². The fraction of sp³-hybridized carbons (Fsp3) is 0.917. The molecule has 0 radical (unpaired) electrons. The van der Waals surface area contributed by atoms with Gasteiger partial charge in [-0.15, -0.1) is 0 Å². The van der Waals surface area contributed by atoms with Gasteiger partial charge in [-0.05, 0) is 19.4 Å². The summed E-state index contributed by atoms with van der Waals surface area (Å²) in [6.07, 6.45) is 3.91. The second kappa shape index (κ2) is 5.80. The van der Waals surface area contributed by atoms with E-state index >= 15 is 0 Å². The molecular weight excluding hydrogens is 220 g/mol. The predicted molar refractivity (Wildman–Crippen MR) is 63.5 cm³/mol. The van der Waals surface area contributed by atoms with Gasteiger partial charge in [0.15, 0.2) is 0 Å². The summed E-state index contributed by atoms with van der Waals surface area (Å²) in [5, 5.41) is 22.2. The maximum Gasteiger partial charge on any atom is 0.239 e. The molecule has 2 fully saturated rings. The summed E-state index contributed by atoms with van der Waals surface area (Å²) >= 11 is 0. The van der Waals surface area contributed by atoms with Gasteiger partial charge in [0.1, 0.15) is 0 Å². The topological polar surface area (TPSA) is 72.8 Å². The molecule has 2 heterocycles. The average molecular weight is 242 g/mol. The van der Waals surface area contributed by atoms with Crippen molar-refractivity contribution >= 4 is 5.91 Å². The number of β-amino-alcohol motifs (C(OH)–C–C–N with tert-alkyl or cyclic N) is 2.